The fourth-order valence-electron chi connectivity index (χ4n) is 3.01. The Morgan fingerprint density at radius 3 is 2.42 bits per heavy atom. The molecule has 0 radical (unpaired) electrons. The van der Waals surface area contributed by atoms with Crippen molar-refractivity contribution in [2.45, 2.75) is 25.9 Å². The summed E-state index contributed by atoms with van der Waals surface area (Å²) in [7, 11) is 0. The molecule has 0 bridgehead atoms. The Bertz CT molecular complexity index is 834. The summed E-state index contributed by atoms with van der Waals surface area (Å²) in [5.41, 5.74) is 2.50. The molecule has 6 heteroatoms. The minimum Gasteiger partial charge on any atom is -0.486 e. The highest BCUT2D eigenvalue weighted by atomic mass is 79.9. The molecule has 2 aromatic carbocycles. The predicted molar refractivity (Wildman–Crippen MR) is 114 cm³/mol. The maximum absolute atomic E-state index is 9.20. The quantitative estimate of drug-likeness (QED) is 0.502. The van der Waals surface area contributed by atoms with Gasteiger partial charge >= 0.3 is 0 Å². The van der Waals surface area contributed by atoms with Gasteiger partial charge in [0.1, 0.15) is 17.3 Å². The van der Waals surface area contributed by atoms with Crippen LogP contribution in [-0.4, -0.2) is 23.0 Å². The fraction of sp³-hybridized carbons (Fsp3) is 0.300. The second kappa shape index (κ2) is 8.98. The first kappa shape index (κ1) is 19.3. The highest BCUT2D eigenvalue weighted by Crippen LogP contribution is 2.36. The minimum atomic E-state index is 0.330. The minimum absolute atomic E-state index is 0.330. The van der Waals surface area contributed by atoms with E-state index in [1.165, 1.54) is 19.3 Å². The molecule has 0 atom stereocenters. The number of hydrogen-bond acceptors (Lipinski definition) is 3. The zero-order valence-corrected chi connectivity index (χ0v) is 18.2. The summed E-state index contributed by atoms with van der Waals surface area (Å²) in [4.78, 5) is 3.16. The van der Waals surface area contributed by atoms with Crippen LogP contribution in [0.5, 0.6) is 5.75 Å². The van der Waals surface area contributed by atoms with E-state index in [4.69, 9.17) is 17.0 Å². The van der Waals surface area contributed by atoms with Crippen LogP contribution < -0.4 is 4.74 Å². The molecule has 0 saturated carbocycles. The van der Waals surface area contributed by atoms with Gasteiger partial charge in [-0.25, -0.2) is 0 Å². The van der Waals surface area contributed by atoms with Crippen LogP contribution in [0, 0.1) is 11.3 Å². The number of thiocarbonyl (C=S) groups is 1. The molecule has 0 spiro atoms. The number of likely N-dealkylation sites (tertiary alicyclic amines) is 1. The molecule has 0 amide bonds. The van der Waals surface area contributed by atoms with Crippen molar-refractivity contribution in [2.24, 2.45) is 0 Å². The Balaban J connectivity index is 1.77. The molecule has 0 N–H and O–H groups in total. The van der Waals surface area contributed by atoms with Gasteiger partial charge in [0.2, 0.25) is 0 Å². The number of rotatable bonds is 4. The van der Waals surface area contributed by atoms with E-state index >= 15 is 0 Å². The highest BCUT2D eigenvalue weighted by molar-refractivity contribution is 9.11. The average molecular weight is 494 g/mol. The van der Waals surface area contributed by atoms with Gasteiger partial charge in [-0.2, -0.15) is 5.26 Å². The first-order valence-corrected chi connectivity index (χ1v) is 10.5. The van der Waals surface area contributed by atoms with E-state index in [-0.39, 0.29) is 0 Å². The average Bonchev–Trinajstić information content (AvgIpc) is 2.67. The van der Waals surface area contributed by atoms with Crippen LogP contribution in [0.25, 0.3) is 0 Å². The van der Waals surface area contributed by atoms with Crippen molar-refractivity contribution in [3.05, 3.63) is 62.0 Å². The summed E-state index contributed by atoms with van der Waals surface area (Å²) in [5, 5.41) is 9.20. The van der Waals surface area contributed by atoms with Crippen LogP contribution in [0.4, 0.5) is 0 Å². The normalized spacial score (nSPS) is 14.0. The Kier molecular flexibility index (Phi) is 6.68. The summed E-state index contributed by atoms with van der Waals surface area (Å²) in [6.07, 6.45) is 3.67. The molecule has 2 aromatic rings. The van der Waals surface area contributed by atoms with Gasteiger partial charge in [0.15, 0.2) is 0 Å². The van der Waals surface area contributed by atoms with Gasteiger partial charge in [0.05, 0.1) is 20.6 Å². The van der Waals surface area contributed by atoms with E-state index in [9.17, 15) is 5.26 Å². The molecule has 1 heterocycles. The maximum Gasteiger partial charge on any atom is 0.148 e. The summed E-state index contributed by atoms with van der Waals surface area (Å²) >= 11 is 12.9. The Labute approximate surface area is 176 Å². The highest BCUT2D eigenvalue weighted by Gasteiger charge is 2.18. The van der Waals surface area contributed by atoms with E-state index in [1.807, 2.05) is 30.3 Å². The lowest BCUT2D eigenvalue weighted by molar-refractivity contribution is 0.302. The molecule has 3 rings (SSSR count). The van der Waals surface area contributed by atoms with Gasteiger partial charge in [-0.1, -0.05) is 30.4 Å². The van der Waals surface area contributed by atoms with Crippen LogP contribution in [0.1, 0.15) is 36.0 Å². The third kappa shape index (κ3) is 4.46. The van der Waals surface area contributed by atoms with E-state index in [2.05, 4.69) is 42.8 Å². The Morgan fingerprint density at radius 2 is 1.77 bits per heavy atom. The lowest BCUT2D eigenvalue weighted by atomic mass is 10.1. The van der Waals surface area contributed by atoms with E-state index in [1.54, 1.807) is 6.07 Å². The van der Waals surface area contributed by atoms with Crippen molar-refractivity contribution in [3.8, 4) is 11.8 Å². The van der Waals surface area contributed by atoms with Crippen LogP contribution in [0.3, 0.4) is 0 Å². The van der Waals surface area contributed by atoms with Crippen LogP contribution in [-0.2, 0) is 6.61 Å². The van der Waals surface area contributed by atoms with Crippen molar-refractivity contribution in [1.82, 2.24) is 4.90 Å². The monoisotopic (exact) mass is 492 g/mol. The van der Waals surface area contributed by atoms with Crippen LogP contribution in [0.2, 0.25) is 0 Å². The number of nitriles is 1. The summed E-state index contributed by atoms with van der Waals surface area (Å²) in [6, 6.07) is 13.7. The van der Waals surface area contributed by atoms with Gasteiger partial charge in [-0.05, 0) is 69.3 Å². The van der Waals surface area contributed by atoms with Crippen molar-refractivity contribution in [1.29, 1.82) is 5.26 Å². The Hall–Kier alpha value is -1.42. The van der Waals surface area contributed by atoms with Crippen molar-refractivity contribution in [3.63, 3.8) is 0 Å². The first-order valence-electron chi connectivity index (χ1n) is 8.49. The third-order valence-electron chi connectivity index (χ3n) is 4.40. The molecule has 0 aliphatic carbocycles. The first-order chi connectivity index (χ1) is 12.6. The molecule has 3 nitrogen and oxygen atoms in total. The van der Waals surface area contributed by atoms with E-state index in [0.717, 1.165) is 38.2 Å². The zero-order valence-electron chi connectivity index (χ0n) is 14.2. The summed E-state index contributed by atoms with van der Waals surface area (Å²) in [6.45, 7) is 2.38. The second-order valence-electron chi connectivity index (χ2n) is 6.18. The van der Waals surface area contributed by atoms with Gasteiger partial charge in [0, 0.05) is 24.2 Å². The molecule has 1 aliphatic rings. The molecule has 1 saturated heterocycles. The van der Waals surface area contributed by atoms with Crippen LogP contribution >= 0.6 is 44.1 Å². The van der Waals surface area contributed by atoms with E-state index in [0.29, 0.717) is 17.9 Å². The van der Waals surface area contributed by atoms with Gasteiger partial charge in [-0.3, -0.25) is 0 Å². The third-order valence-corrected chi connectivity index (χ3v) is 6.07. The number of hydrogen-bond donors (Lipinski definition) is 0. The molecule has 134 valence electrons. The van der Waals surface area contributed by atoms with Gasteiger partial charge in [-0.15, -0.1) is 0 Å². The summed E-state index contributed by atoms with van der Waals surface area (Å²) < 4.78 is 7.66. The molecule has 1 aliphatic heterocycles. The topological polar surface area (TPSA) is 36.3 Å². The smallest absolute Gasteiger partial charge is 0.148 e. The number of ether oxygens (including phenoxy) is 1. The van der Waals surface area contributed by atoms with Gasteiger partial charge in [0.25, 0.3) is 0 Å². The maximum atomic E-state index is 9.20. The van der Waals surface area contributed by atoms with Crippen molar-refractivity contribution < 1.29 is 4.74 Å². The standard InChI is InChI=1S/C20H18Br2N2OS/c21-17-10-16(20(26)24-8-4-1-5-9-24)11-18(22)19(17)25-13-15-7-3-2-6-14(15)12-23/h2-3,6-7,10-11H,1,4-5,8-9,13H2. The van der Waals surface area contributed by atoms with Crippen molar-refractivity contribution in [2.75, 3.05) is 13.1 Å². The fourth-order valence-corrected chi connectivity index (χ4v) is 4.72. The number of halogens is 2. The van der Waals surface area contributed by atoms with Gasteiger partial charge < -0.3 is 9.64 Å². The molecule has 1 fully saturated rings. The van der Waals surface area contributed by atoms with Crippen molar-refractivity contribution >= 4 is 49.1 Å². The summed E-state index contributed by atoms with van der Waals surface area (Å²) in [5.74, 6) is 0.711. The molecule has 0 aromatic heterocycles. The number of benzene rings is 2. The number of piperidine rings is 1. The lowest BCUT2D eigenvalue weighted by Gasteiger charge is -2.29. The molecular formula is C20H18Br2N2OS. The predicted octanol–water partition coefficient (Wildman–Crippen LogP) is 5.82. The lowest BCUT2D eigenvalue weighted by Crippen LogP contribution is -2.34. The molecule has 0 unspecified atom stereocenters. The number of nitrogens with zero attached hydrogens (tertiary/aromatic N) is 2. The largest absolute Gasteiger partial charge is 0.486 e. The van der Waals surface area contributed by atoms with E-state index < -0.39 is 0 Å². The van der Waals surface area contributed by atoms with Crippen LogP contribution in [0.15, 0.2) is 45.3 Å². The molecule has 26 heavy (non-hydrogen) atoms. The SMILES string of the molecule is N#Cc1ccccc1COc1c(Br)cc(C(=S)N2CCCCC2)cc1Br. The zero-order chi connectivity index (χ0) is 18.5. The second-order valence-corrected chi connectivity index (χ2v) is 8.27. The molecular weight excluding hydrogens is 476 g/mol. The Morgan fingerprint density at radius 1 is 1.12 bits per heavy atom.